The number of nitriles is 1. The summed E-state index contributed by atoms with van der Waals surface area (Å²) in [5.74, 6) is 0.622. The van der Waals surface area contributed by atoms with Crippen LogP contribution >= 0.6 is 0 Å². The molecule has 102 valence electrons. The summed E-state index contributed by atoms with van der Waals surface area (Å²) in [6.07, 6.45) is 1.75. The van der Waals surface area contributed by atoms with Gasteiger partial charge in [0.05, 0.1) is 30.1 Å². The SMILES string of the molecule is CCOc1ccc(NC(C)c2cccc(C#N)c2)cn1. The number of rotatable bonds is 5. The summed E-state index contributed by atoms with van der Waals surface area (Å²) in [5, 5.41) is 12.3. The van der Waals surface area contributed by atoms with Gasteiger partial charge in [-0.1, -0.05) is 12.1 Å². The van der Waals surface area contributed by atoms with E-state index >= 15 is 0 Å². The predicted octanol–water partition coefficient (Wildman–Crippen LogP) is 3.53. The summed E-state index contributed by atoms with van der Waals surface area (Å²) in [7, 11) is 0. The number of pyridine rings is 1. The van der Waals surface area contributed by atoms with Gasteiger partial charge in [-0.05, 0) is 37.6 Å². The smallest absolute Gasteiger partial charge is 0.213 e. The maximum absolute atomic E-state index is 8.92. The Bertz CT molecular complexity index is 602. The minimum Gasteiger partial charge on any atom is -0.478 e. The number of nitrogens with zero attached hydrogens (tertiary/aromatic N) is 2. The van der Waals surface area contributed by atoms with Crippen molar-refractivity contribution in [2.75, 3.05) is 11.9 Å². The molecule has 1 N–H and O–H groups in total. The molecule has 0 aliphatic rings. The zero-order valence-corrected chi connectivity index (χ0v) is 11.6. The molecule has 0 bridgehead atoms. The number of anilines is 1. The first-order chi connectivity index (χ1) is 9.72. The second-order valence-corrected chi connectivity index (χ2v) is 4.42. The van der Waals surface area contributed by atoms with Crippen molar-refractivity contribution in [1.82, 2.24) is 4.98 Å². The summed E-state index contributed by atoms with van der Waals surface area (Å²) < 4.78 is 5.31. The molecule has 1 atom stereocenters. The van der Waals surface area contributed by atoms with Crippen molar-refractivity contribution in [1.29, 1.82) is 5.26 Å². The summed E-state index contributed by atoms with van der Waals surface area (Å²) >= 11 is 0. The fourth-order valence-corrected chi connectivity index (χ4v) is 1.91. The van der Waals surface area contributed by atoms with E-state index in [0.29, 0.717) is 18.1 Å². The van der Waals surface area contributed by atoms with E-state index in [9.17, 15) is 0 Å². The molecule has 0 radical (unpaired) electrons. The predicted molar refractivity (Wildman–Crippen MR) is 78.6 cm³/mol. The zero-order valence-electron chi connectivity index (χ0n) is 11.6. The van der Waals surface area contributed by atoms with E-state index in [2.05, 4.69) is 16.4 Å². The first-order valence-corrected chi connectivity index (χ1v) is 6.58. The minimum atomic E-state index is 0.100. The van der Waals surface area contributed by atoms with Gasteiger partial charge in [0.2, 0.25) is 5.88 Å². The third kappa shape index (κ3) is 3.48. The molecular formula is C16H17N3O. The van der Waals surface area contributed by atoms with Crippen molar-refractivity contribution in [3.63, 3.8) is 0 Å². The lowest BCUT2D eigenvalue weighted by Crippen LogP contribution is -2.07. The molecule has 1 aromatic carbocycles. The van der Waals surface area contributed by atoms with Crippen LogP contribution in [0.3, 0.4) is 0 Å². The standard InChI is InChI=1S/C16H17N3O/c1-3-20-16-8-7-15(11-18-16)19-12(2)14-6-4-5-13(9-14)10-17/h4-9,11-12,19H,3H2,1-2H3. The van der Waals surface area contributed by atoms with Crippen LogP contribution in [-0.2, 0) is 0 Å². The molecule has 0 aliphatic heterocycles. The first kappa shape index (κ1) is 13.9. The number of nitrogens with one attached hydrogen (secondary N) is 1. The summed E-state index contributed by atoms with van der Waals surface area (Å²) in [5.41, 5.74) is 2.65. The maximum Gasteiger partial charge on any atom is 0.213 e. The highest BCUT2D eigenvalue weighted by atomic mass is 16.5. The lowest BCUT2D eigenvalue weighted by molar-refractivity contribution is 0.327. The Morgan fingerprint density at radius 1 is 1.35 bits per heavy atom. The number of hydrogen-bond acceptors (Lipinski definition) is 4. The molecule has 0 saturated heterocycles. The summed E-state index contributed by atoms with van der Waals surface area (Å²) in [6, 6.07) is 13.6. The topological polar surface area (TPSA) is 57.9 Å². The fraction of sp³-hybridized carbons (Fsp3) is 0.250. The van der Waals surface area contributed by atoms with E-state index in [1.54, 1.807) is 12.3 Å². The van der Waals surface area contributed by atoms with E-state index in [1.807, 2.05) is 44.2 Å². The minimum absolute atomic E-state index is 0.100. The molecule has 2 aromatic rings. The highest BCUT2D eigenvalue weighted by Gasteiger charge is 2.06. The van der Waals surface area contributed by atoms with Crippen molar-refractivity contribution in [2.24, 2.45) is 0 Å². The molecule has 0 fully saturated rings. The first-order valence-electron chi connectivity index (χ1n) is 6.58. The van der Waals surface area contributed by atoms with Crippen LogP contribution in [0.1, 0.15) is 31.0 Å². The molecular weight excluding hydrogens is 250 g/mol. The molecule has 4 heteroatoms. The van der Waals surface area contributed by atoms with Crippen LogP contribution in [0.15, 0.2) is 42.6 Å². The molecule has 2 rings (SSSR count). The van der Waals surface area contributed by atoms with Gasteiger partial charge in [0, 0.05) is 12.1 Å². The van der Waals surface area contributed by atoms with Crippen molar-refractivity contribution in [3.8, 4) is 11.9 Å². The van der Waals surface area contributed by atoms with Crippen molar-refractivity contribution in [3.05, 3.63) is 53.7 Å². The highest BCUT2D eigenvalue weighted by molar-refractivity contribution is 5.45. The van der Waals surface area contributed by atoms with Crippen LogP contribution in [-0.4, -0.2) is 11.6 Å². The van der Waals surface area contributed by atoms with Gasteiger partial charge in [-0.3, -0.25) is 0 Å². The Kier molecular flexibility index (Phi) is 4.56. The van der Waals surface area contributed by atoms with Gasteiger partial charge >= 0.3 is 0 Å². The van der Waals surface area contributed by atoms with Crippen molar-refractivity contribution < 1.29 is 4.74 Å². The van der Waals surface area contributed by atoms with E-state index in [0.717, 1.165) is 11.3 Å². The monoisotopic (exact) mass is 267 g/mol. The molecule has 0 spiro atoms. The molecule has 20 heavy (non-hydrogen) atoms. The van der Waals surface area contributed by atoms with Gasteiger partial charge in [0.1, 0.15) is 0 Å². The van der Waals surface area contributed by atoms with Crippen LogP contribution in [0.2, 0.25) is 0 Å². The highest BCUT2D eigenvalue weighted by Crippen LogP contribution is 2.20. The van der Waals surface area contributed by atoms with Gasteiger partial charge in [-0.2, -0.15) is 5.26 Å². The number of hydrogen-bond donors (Lipinski definition) is 1. The normalized spacial score (nSPS) is 11.4. The Morgan fingerprint density at radius 3 is 2.85 bits per heavy atom. The third-order valence-electron chi connectivity index (χ3n) is 2.93. The zero-order chi connectivity index (χ0) is 14.4. The largest absolute Gasteiger partial charge is 0.478 e. The average Bonchev–Trinajstić information content (AvgIpc) is 2.49. The number of benzene rings is 1. The quantitative estimate of drug-likeness (QED) is 0.900. The Balaban J connectivity index is 2.07. The number of ether oxygens (including phenoxy) is 1. The molecule has 0 saturated carbocycles. The van der Waals surface area contributed by atoms with Crippen LogP contribution in [0, 0.1) is 11.3 Å². The van der Waals surface area contributed by atoms with Crippen LogP contribution in [0.4, 0.5) is 5.69 Å². The van der Waals surface area contributed by atoms with E-state index in [-0.39, 0.29) is 6.04 Å². The van der Waals surface area contributed by atoms with Gasteiger partial charge in [-0.25, -0.2) is 4.98 Å². The van der Waals surface area contributed by atoms with Gasteiger partial charge < -0.3 is 10.1 Å². The Labute approximate surface area is 119 Å². The number of aromatic nitrogens is 1. The van der Waals surface area contributed by atoms with Gasteiger partial charge in [0.25, 0.3) is 0 Å². The fourth-order valence-electron chi connectivity index (χ4n) is 1.91. The second-order valence-electron chi connectivity index (χ2n) is 4.42. The van der Waals surface area contributed by atoms with Crippen LogP contribution in [0.25, 0.3) is 0 Å². The average molecular weight is 267 g/mol. The Morgan fingerprint density at radius 2 is 2.20 bits per heavy atom. The maximum atomic E-state index is 8.92. The lowest BCUT2D eigenvalue weighted by atomic mass is 10.1. The lowest BCUT2D eigenvalue weighted by Gasteiger charge is -2.15. The second kappa shape index (κ2) is 6.58. The van der Waals surface area contributed by atoms with E-state index in [4.69, 9.17) is 10.00 Å². The summed E-state index contributed by atoms with van der Waals surface area (Å²) in [4.78, 5) is 4.21. The molecule has 0 aliphatic carbocycles. The van der Waals surface area contributed by atoms with Gasteiger partial charge in [-0.15, -0.1) is 0 Å². The van der Waals surface area contributed by atoms with Crippen molar-refractivity contribution >= 4 is 5.69 Å². The van der Waals surface area contributed by atoms with Crippen molar-refractivity contribution in [2.45, 2.75) is 19.9 Å². The molecule has 1 unspecified atom stereocenters. The Hall–Kier alpha value is -2.54. The molecule has 1 aromatic heterocycles. The summed E-state index contributed by atoms with van der Waals surface area (Å²) in [6.45, 7) is 4.59. The van der Waals surface area contributed by atoms with Crippen LogP contribution < -0.4 is 10.1 Å². The molecule has 4 nitrogen and oxygen atoms in total. The van der Waals surface area contributed by atoms with Crippen LogP contribution in [0.5, 0.6) is 5.88 Å². The van der Waals surface area contributed by atoms with Gasteiger partial charge in [0.15, 0.2) is 0 Å². The van der Waals surface area contributed by atoms with E-state index < -0.39 is 0 Å². The third-order valence-corrected chi connectivity index (χ3v) is 2.93. The molecule has 1 heterocycles. The van der Waals surface area contributed by atoms with E-state index in [1.165, 1.54) is 0 Å². The molecule has 0 amide bonds.